The third-order valence-electron chi connectivity index (χ3n) is 3.56. The number of aliphatic hydroxyl groups excluding tert-OH is 1. The van der Waals surface area contributed by atoms with Crippen LogP contribution in [0.1, 0.15) is 52.2 Å². The molecule has 114 valence electrons. The summed E-state index contributed by atoms with van der Waals surface area (Å²) in [6.07, 6.45) is 2.05. The molecule has 0 aliphatic heterocycles. The highest BCUT2D eigenvalue weighted by Gasteiger charge is 2.14. The number of benzene rings is 1. The number of hydrogen-bond donors (Lipinski definition) is 1. The van der Waals surface area contributed by atoms with Crippen molar-refractivity contribution in [1.82, 2.24) is 4.90 Å². The van der Waals surface area contributed by atoms with Crippen molar-refractivity contribution in [3.63, 3.8) is 0 Å². The molecule has 0 aliphatic carbocycles. The van der Waals surface area contributed by atoms with Crippen LogP contribution in [0.15, 0.2) is 24.3 Å². The molecule has 0 spiro atoms. The summed E-state index contributed by atoms with van der Waals surface area (Å²) in [5.74, 6) is 0.851. The largest absolute Gasteiger partial charge is 0.491 e. The lowest BCUT2D eigenvalue weighted by Crippen LogP contribution is -2.32. The van der Waals surface area contributed by atoms with Crippen LogP contribution in [0.4, 0.5) is 0 Å². The Bertz CT molecular complexity index is 375. The van der Waals surface area contributed by atoms with Crippen molar-refractivity contribution in [3.05, 3.63) is 29.8 Å². The minimum Gasteiger partial charge on any atom is -0.491 e. The average molecular weight is 279 g/mol. The first-order valence-electron chi connectivity index (χ1n) is 7.59. The van der Waals surface area contributed by atoms with E-state index in [0.29, 0.717) is 12.6 Å². The Balaban J connectivity index is 2.56. The first-order valence-corrected chi connectivity index (χ1v) is 7.59. The molecule has 20 heavy (non-hydrogen) atoms. The van der Waals surface area contributed by atoms with Gasteiger partial charge in [-0.25, -0.2) is 0 Å². The van der Waals surface area contributed by atoms with Crippen molar-refractivity contribution in [2.24, 2.45) is 0 Å². The summed E-state index contributed by atoms with van der Waals surface area (Å²) in [5, 5.41) is 10.3. The van der Waals surface area contributed by atoms with E-state index in [-0.39, 0.29) is 6.10 Å². The van der Waals surface area contributed by atoms with Crippen molar-refractivity contribution in [3.8, 4) is 5.75 Å². The van der Waals surface area contributed by atoms with Gasteiger partial charge in [-0.1, -0.05) is 25.5 Å². The number of aliphatic hydroxyl groups is 1. The Morgan fingerprint density at radius 2 is 1.75 bits per heavy atom. The fraction of sp³-hybridized carbons (Fsp3) is 0.647. The maximum Gasteiger partial charge on any atom is 0.119 e. The molecule has 1 N–H and O–H groups in total. The molecule has 3 nitrogen and oxygen atoms in total. The minimum absolute atomic E-state index is 0.173. The second-order valence-electron chi connectivity index (χ2n) is 5.83. The number of hydrogen-bond acceptors (Lipinski definition) is 3. The monoisotopic (exact) mass is 279 g/mol. The van der Waals surface area contributed by atoms with E-state index in [2.05, 4.69) is 25.8 Å². The fourth-order valence-corrected chi connectivity index (χ4v) is 2.24. The summed E-state index contributed by atoms with van der Waals surface area (Å²) < 4.78 is 5.61. The smallest absolute Gasteiger partial charge is 0.119 e. The number of likely N-dealkylation sites (N-methyl/N-ethyl adjacent to an activating group) is 1. The molecule has 0 saturated carbocycles. The molecule has 1 aromatic rings. The van der Waals surface area contributed by atoms with E-state index in [1.54, 1.807) is 0 Å². The quantitative estimate of drug-likeness (QED) is 0.789. The normalized spacial score (nSPS) is 14.6. The lowest BCUT2D eigenvalue weighted by Gasteiger charge is -2.27. The van der Waals surface area contributed by atoms with E-state index in [9.17, 15) is 5.11 Å². The molecule has 2 unspecified atom stereocenters. The van der Waals surface area contributed by atoms with Crippen molar-refractivity contribution in [2.75, 3.05) is 13.6 Å². The molecule has 3 heteroatoms. The molecule has 1 aromatic carbocycles. The van der Waals surface area contributed by atoms with E-state index in [0.717, 1.165) is 17.7 Å². The Morgan fingerprint density at radius 3 is 2.25 bits per heavy atom. The molecular formula is C17H29NO2. The van der Waals surface area contributed by atoms with E-state index in [1.165, 1.54) is 6.42 Å². The Morgan fingerprint density at radius 1 is 1.15 bits per heavy atom. The molecule has 0 aromatic heterocycles. The molecule has 0 saturated heterocycles. The molecule has 0 bridgehead atoms. The van der Waals surface area contributed by atoms with Crippen molar-refractivity contribution >= 4 is 0 Å². The van der Waals surface area contributed by atoms with E-state index >= 15 is 0 Å². The standard InChI is InChI=1S/C17H29NO2/c1-6-7-14(4)18(5)12-17(19)15-8-10-16(11-9-15)20-13(2)3/h8-11,13-14,17,19H,6-7,12H2,1-5H3. The van der Waals surface area contributed by atoms with Gasteiger partial charge in [0.25, 0.3) is 0 Å². The van der Waals surface area contributed by atoms with Gasteiger partial charge < -0.3 is 14.7 Å². The highest BCUT2D eigenvalue weighted by atomic mass is 16.5. The molecular weight excluding hydrogens is 250 g/mol. The summed E-state index contributed by atoms with van der Waals surface area (Å²) in [6.45, 7) is 9.06. The van der Waals surface area contributed by atoms with Crippen LogP contribution in [-0.2, 0) is 0 Å². The van der Waals surface area contributed by atoms with Crippen molar-refractivity contribution < 1.29 is 9.84 Å². The van der Waals surface area contributed by atoms with E-state index < -0.39 is 6.10 Å². The third-order valence-corrected chi connectivity index (χ3v) is 3.56. The first kappa shape index (κ1) is 17.0. The van der Waals surface area contributed by atoms with Crippen LogP contribution in [-0.4, -0.2) is 35.7 Å². The minimum atomic E-state index is -0.451. The topological polar surface area (TPSA) is 32.7 Å². The highest BCUT2D eigenvalue weighted by molar-refractivity contribution is 5.28. The number of rotatable bonds is 8. The van der Waals surface area contributed by atoms with Crippen LogP contribution < -0.4 is 4.74 Å². The summed E-state index contributed by atoms with van der Waals surface area (Å²) >= 11 is 0. The van der Waals surface area contributed by atoms with E-state index in [4.69, 9.17) is 4.74 Å². The van der Waals surface area contributed by atoms with Crippen molar-refractivity contribution in [2.45, 2.75) is 58.8 Å². The van der Waals surface area contributed by atoms with Gasteiger partial charge in [0, 0.05) is 12.6 Å². The average Bonchev–Trinajstić information content (AvgIpc) is 2.39. The summed E-state index contributed by atoms with van der Waals surface area (Å²) in [7, 11) is 2.07. The van der Waals surface area contributed by atoms with Gasteiger partial charge in [-0.2, -0.15) is 0 Å². The molecule has 0 fully saturated rings. The van der Waals surface area contributed by atoms with Gasteiger partial charge in [0.2, 0.25) is 0 Å². The second kappa shape index (κ2) is 8.28. The molecule has 0 aliphatic rings. The van der Waals surface area contributed by atoms with Gasteiger partial charge in [0.15, 0.2) is 0 Å². The van der Waals surface area contributed by atoms with Gasteiger partial charge in [-0.15, -0.1) is 0 Å². The van der Waals surface area contributed by atoms with Crippen LogP contribution >= 0.6 is 0 Å². The Labute approximate surface area is 123 Å². The zero-order valence-corrected chi connectivity index (χ0v) is 13.5. The van der Waals surface area contributed by atoms with Crippen molar-refractivity contribution in [1.29, 1.82) is 0 Å². The van der Waals surface area contributed by atoms with Gasteiger partial charge in [0.05, 0.1) is 12.2 Å². The summed E-state index contributed by atoms with van der Waals surface area (Å²) in [4.78, 5) is 2.21. The zero-order valence-electron chi connectivity index (χ0n) is 13.5. The van der Waals surface area contributed by atoms with Gasteiger partial charge >= 0.3 is 0 Å². The van der Waals surface area contributed by atoms with Crippen LogP contribution in [0.3, 0.4) is 0 Å². The molecule has 0 radical (unpaired) electrons. The number of ether oxygens (including phenoxy) is 1. The predicted molar refractivity (Wildman–Crippen MR) is 84.2 cm³/mol. The second-order valence-corrected chi connectivity index (χ2v) is 5.83. The van der Waals surface area contributed by atoms with Crippen LogP contribution in [0.25, 0.3) is 0 Å². The lowest BCUT2D eigenvalue weighted by atomic mass is 10.1. The van der Waals surface area contributed by atoms with E-state index in [1.807, 2.05) is 38.1 Å². The fourth-order valence-electron chi connectivity index (χ4n) is 2.24. The maximum atomic E-state index is 10.3. The summed E-state index contributed by atoms with van der Waals surface area (Å²) in [5.41, 5.74) is 0.941. The van der Waals surface area contributed by atoms with Crippen LogP contribution in [0, 0.1) is 0 Å². The molecule has 1 rings (SSSR count). The highest BCUT2D eigenvalue weighted by Crippen LogP contribution is 2.20. The molecule has 2 atom stereocenters. The van der Waals surface area contributed by atoms with Crippen LogP contribution in [0.2, 0.25) is 0 Å². The molecule has 0 amide bonds. The SMILES string of the molecule is CCCC(C)N(C)CC(O)c1ccc(OC(C)C)cc1. The van der Waals surface area contributed by atoms with Gasteiger partial charge in [-0.3, -0.25) is 0 Å². The van der Waals surface area contributed by atoms with Gasteiger partial charge in [0.1, 0.15) is 5.75 Å². The first-order chi connectivity index (χ1) is 9.43. The summed E-state index contributed by atoms with van der Waals surface area (Å²) in [6, 6.07) is 8.24. The zero-order chi connectivity index (χ0) is 15.1. The predicted octanol–water partition coefficient (Wildman–Crippen LogP) is 3.63. The Hall–Kier alpha value is -1.06. The lowest BCUT2D eigenvalue weighted by molar-refractivity contribution is 0.106. The third kappa shape index (κ3) is 5.51. The van der Waals surface area contributed by atoms with Gasteiger partial charge in [-0.05, 0) is 51.9 Å². The number of nitrogens with zero attached hydrogens (tertiary/aromatic N) is 1. The van der Waals surface area contributed by atoms with Crippen LogP contribution in [0.5, 0.6) is 5.75 Å². The maximum absolute atomic E-state index is 10.3. The molecule has 0 heterocycles. The Kier molecular flexibility index (Phi) is 7.03.